The van der Waals surface area contributed by atoms with Crippen LogP contribution in [0.2, 0.25) is 18.1 Å². The molecule has 0 unspecified atom stereocenters. The van der Waals surface area contributed by atoms with Crippen LogP contribution >= 0.6 is 15.9 Å². The van der Waals surface area contributed by atoms with Crippen molar-refractivity contribution in [1.82, 2.24) is 0 Å². The van der Waals surface area contributed by atoms with E-state index in [0.717, 1.165) is 4.47 Å². The molecule has 0 saturated carbocycles. The number of ether oxygens (including phenoxy) is 1. The first-order valence-corrected chi connectivity index (χ1v) is 9.09. The fourth-order valence-electron chi connectivity index (χ4n) is 1.02. The number of rotatable bonds is 4. The lowest BCUT2D eigenvalue weighted by Gasteiger charge is -2.28. The summed E-state index contributed by atoms with van der Waals surface area (Å²) in [4.78, 5) is 0. The van der Waals surface area contributed by atoms with Crippen molar-refractivity contribution in [1.29, 1.82) is 0 Å². The Labute approximate surface area is 107 Å². The second-order valence-electron chi connectivity index (χ2n) is 5.01. The zero-order chi connectivity index (χ0) is 12.3. The van der Waals surface area contributed by atoms with Gasteiger partial charge in [-0.15, -0.1) is 0 Å². The fraction of sp³-hybridized carbons (Fsp3) is 0.500. The SMILES string of the molecule is C[SiH](C)C(C)(C)COc1cc(Br)ccc1F. The van der Waals surface area contributed by atoms with Crippen LogP contribution in [-0.4, -0.2) is 15.4 Å². The van der Waals surface area contributed by atoms with Gasteiger partial charge < -0.3 is 4.74 Å². The van der Waals surface area contributed by atoms with Gasteiger partial charge in [-0.25, -0.2) is 4.39 Å². The van der Waals surface area contributed by atoms with Crippen molar-refractivity contribution >= 4 is 24.7 Å². The van der Waals surface area contributed by atoms with Gasteiger partial charge in [0, 0.05) is 13.3 Å². The monoisotopic (exact) mass is 304 g/mol. The third-order valence-corrected chi connectivity index (χ3v) is 6.84. The molecule has 0 fully saturated rings. The van der Waals surface area contributed by atoms with Crippen LogP contribution in [0.1, 0.15) is 13.8 Å². The molecule has 0 spiro atoms. The van der Waals surface area contributed by atoms with E-state index in [1.54, 1.807) is 12.1 Å². The minimum absolute atomic E-state index is 0.175. The van der Waals surface area contributed by atoms with Gasteiger partial charge in [-0.1, -0.05) is 42.9 Å². The topological polar surface area (TPSA) is 9.23 Å². The summed E-state index contributed by atoms with van der Waals surface area (Å²) in [5.74, 6) is 0.0292. The van der Waals surface area contributed by atoms with Crippen molar-refractivity contribution in [3.8, 4) is 5.75 Å². The lowest BCUT2D eigenvalue weighted by atomic mass is 10.2. The highest BCUT2D eigenvalue weighted by Gasteiger charge is 2.24. The maximum atomic E-state index is 13.4. The Bertz CT molecular complexity index is 366. The average Bonchev–Trinajstić information content (AvgIpc) is 2.19. The first-order valence-electron chi connectivity index (χ1n) is 5.41. The van der Waals surface area contributed by atoms with Crippen LogP contribution in [0.3, 0.4) is 0 Å². The predicted octanol–water partition coefficient (Wildman–Crippen LogP) is 4.23. The molecule has 0 bridgehead atoms. The lowest BCUT2D eigenvalue weighted by Crippen LogP contribution is -2.27. The molecule has 0 aliphatic heterocycles. The van der Waals surface area contributed by atoms with E-state index in [2.05, 4.69) is 42.9 Å². The normalized spacial score (nSPS) is 11.9. The molecule has 0 aliphatic rings. The molecule has 1 rings (SSSR count). The molecule has 0 aromatic heterocycles. The van der Waals surface area contributed by atoms with E-state index in [1.807, 2.05) is 0 Å². The van der Waals surface area contributed by atoms with Crippen LogP contribution in [0.15, 0.2) is 22.7 Å². The quantitative estimate of drug-likeness (QED) is 0.756. The van der Waals surface area contributed by atoms with Crippen molar-refractivity contribution < 1.29 is 9.13 Å². The molecule has 1 aromatic rings. The highest BCUT2D eigenvalue weighted by atomic mass is 79.9. The van der Waals surface area contributed by atoms with Crippen LogP contribution in [-0.2, 0) is 0 Å². The fourth-order valence-corrected chi connectivity index (χ4v) is 1.77. The third-order valence-electron chi connectivity index (χ3n) is 3.06. The molecule has 0 N–H and O–H groups in total. The van der Waals surface area contributed by atoms with Crippen LogP contribution in [0.25, 0.3) is 0 Å². The zero-order valence-electron chi connectivity index (χ0n) is 10.2. The molecule has 0 saturated heterocycles. The number of hydrogen-bond acceptors (Lipinski definition) is 1. The van der Waals surface area contributed by atoms with Crippen LogP contribution in [0.5, 0.6) is 5.75 Å². The maximum Gasteiger partial charge on any atom is 0.165 e. The van der Waals surface area contributed by atoms with E-state index in [9.17, 15) is 4.39 Å². The Hall–Kier alpha value is -0.353. The Morgan fingerprint density at radius 2 is 2.00 bits per heavy atom. The molecule has 0 amide bonds. The maximum absolute atomic E-state index is 13.4. The van der Waals surface area contributed by atoms with Gasteiger partial charge in [0.2, 0.25) is 0 Å². The first-order chi connectivity index (χ1) is 7.33. The molecule has 1 aromatic carbocycles. The smallest absolute Gasteiger partial charge is 0.165 e. The van der Waals surface area contributed by atoms with Crippen molar-refractivity contribution in [3.05, 3.63) is 28.5 Å². The number of hydrogen-bond donors (Lipinski definition) is 0. The van der Waals surface area contributed by atoms with E-state index in [4.69, 9.17) is 4.74 Å². The van der Waals surface area contributed by atoms with Gasteiger partial charge in [0.1, 0.15) is 0 Å². The second kappa shape index (κ2) is 5.32. The Kier molecular flexibility index (Phi) is 4.56. The molecule has 0 atom stereocenters. The Morgan fingerprint density at radius 1 is 1.38 bits per heavy atom. The standard InChI is InChI=1S/C12H18BrFOSi/c1-12(2,16(3)4)8-15-11-7-9(13)5-6-10(11)14/h5-7,16H,8H2,1-4H3. The zero-order valence-corrected chi connectivity index (χ0v) is 12.9. The van der Waals surface area contributed by atoms with Crippen LogP contribution < -0.4 is 4.74 Å². The summed E-state index contributed by atoms with van der Waals surface area (Å²) in [6.07, 6.45) is 0. The summed E-state index contributed by atoms with van der Waals surface area (Å²) in [6, 6.07) is 4.76. The first kappa shape index (κ1) is 13.7. The highest BCUT2D eigenvalue weighted by Crippen LogP contribution is 2.30. The van der Waals surface area contributed by atoms with Crippen molar-refractivity contribution in [3.63, 3.8) is 0 Å². The van der Waals surface area contributed by atoms with E-state index in [0.29, 0.717) is 12.4 Å². The molecule has 0 heterocycles. The van der Waals surface area contributed by atoms with Gasteiger partial charge in [-0.05, 0) is 23.2 Å². The second-order valence-corrected chi connectivity index (χ2v) is 9.79. The van der Waals surface area contributed by atoms with E-state index in [-0.39, 0.29) is 10.9 Å². The van der Waals surface area contributed by atoms with Gasteiger partial charge in [-0.2, -0.15) is 0 Å². The van der Waals surface area contributed by atoms with Gasteiger partial charge in [0.15, 0.2) is 11.6 Å². The number of halogens is 2. The van der Waals surface area contributed by atoms with Gasteiger partial charge in [0.05, 0.1) is 6.61 Å². The molecule has 0 radical (unpaired) electrons. The minimum Gasteiger partial charge on any atom is -0.490 e. The van der Waals surface area contributed by atoms with Gasteiger partial charge >= 0.3 is 0 Å². The average molecular weight is 305 g/mol. The van der Waals surface area contributed by atoms with E-state index >= 15 is 0 Å². The predicted molar refractivity (Wildman–Crippen MR) is 72.5 cm³/mol. The van der Waals surface area contributed by atoms with Gasteiger partial charge in [0.25, 0.3) is 0 Å². The summed E-state index contributed by atoms with van der Waals surface area (Å²) < 4.78 is 19.8. The Balaban J connectivity index is 2.71. The highest BCUT2D eigenvalue weighted by molar-refractivity contribution is 9.10. The van der Waals surface area contributed by atoms with Crippen molar-refractivity contribution in [2.75, 3.05) is 6.61 Å². The van der Waals surface area contributed by atoms with Crippen LogP contribution in [0, 0.1) is 5.82 Å². The summed E-state index contributed by atoms with van der Waals surface area (Å²) in [6.45, 7) is 9.49. The molecule has 1 nitrogen and oxygen atoms in total. The third kappa shape index (κ3) is 3.59. The van der Waals surface area contributed by atoms with E-state index in [1.165, 1.54) is 6.07 Å². The summed E-state index contributed by atoms with van der Waals surface area (Å²) in [7, 11) is -0.808. The van der Waals surface area contributed by atoms with Crippen molar-refractivity contribution in [2.24, 2.45) is 0 Å². The molecule has 16 heavy (non-hydrogen) atoms. The molecule has 0 aliphatic carbocycles. The molecular formula is C12H18BrFOSi. The van der Waals surface area contributed by atoms with Gasteiger partial charge in [-0.3, -0.25) is 0 Å². The molecular weight excluding hydrogens is 287 g/mol. The lowest BCUT2D eigenvalue weighted by molar-refractivity contribution is 0.264. The van der Waals surface area contributed by atoms with Crippen LogP contribution in [0.4, 0.5) is 4.39 Å². The Morgan fingerprint density at radius 3 is 2.56 bits per heavy atom. The largest absolute Gasteiger partial charge is 0.490 e. The molecule has 4 heteroatoms. The minimum atomic E-state index is -0.808. The summed E-state index contributed by atoms with van der Waals surface area (Å²) in [5, 5.41) is 0.175. The van der Waals surface area contributed by atoms with E-state index < -0.39 is 8.80 Å². The van der Waals surface area contributed by atoms with Crippen molar-refractivity contribution in [2.45, 2.75) is 32.0 Å². The molecule has 90 valence electrons. The summed E-state index contributed by atoms with van der Waals surface area (Å²) >= 11 is 3.31. The summed E-state index contributed by atoms with van der Waals surface area (Å²) in [5.41, 5.74) is 0. The number of benzene rings is 1.